The van der Waals surface area contributed by atoms with E-state index in [1.54, 1.807) is 6.20 Å². The fraction of sp³-hybridized carbons (Fsp3) is 0.550. The molecule has 2 atom stereocenters. The summed E-state index contributed by atoms with van der Waals surface area (Å²) in [6.07, 6.45) is 5.14. The van der Waals surface area contributed by atoms with E-state index < -0.39 is 5.67 Å². The van der Waals surface area contributed by atoms with Crippen molar-refractivity contribution in [2.24, 2.45) is 11.3 Å². The van der Waals surface area contributed by atoms with Crippen LogP contribution in [0.2, 0.25) is 0 Å². The zero-order valence-electron chi connectivity index (χ0n) is 17.1. The Labute approximate surface area is 169 Å². The Kier molecular flexibility index (Phi) is 5.66. The summed E-state index contributed by atoms with van der Waals surface area (Å²) < 4.78 is 14.4. The first kappa shape index (κ1) is 20.9. The Bertz CT molecular complexity index is 920. The predicted octanol–water partition coefficient (Wildman–Crippen LogP) is 2.77. The third-order valence-corrected chi connectivity index (χ3v) is 5.70. The molecule has 2 aromatic rings. The summed E-state index contributed by atoms with van der Waals surface area (Å²) in [5, 5.41) is 25.2. The first-order chi connectivity index (χ1) is 13.7. The molecular formula is C20H26FN7O. The van der Waals surface area contributed by atoms with Crippen molar-refractivity contribution in [2.75, 3.05) is 17.2 Å². The summed E-state index contributed by atoms with van der Waals surface area (Å²) in [5.41, 5.74) is -0.459. The summed E-state index contributed by atoms with van der Waals surface area (Å²) in [5.74, 6) is 0.967. The Hall–Kier alpha value is -2.86. The van der Waals surface area contributed by atoms with Gasteiger partial charge < -0.3 is 15.7 Å². The maximum absolute atomic E-state index is 14.4. The Morgan fingerprint density at radius 3 is 2.72 bits per heavy atom. The quantitative estimate of drug-likeness (QED) is 0.650. The Morgan fingerprint density at radius 1 is 1.34 bits per heavy atom. The van der Waals surface area contributed by atoms with Gasteiger partial charge in [0.25, 0.3) is 0 Å². The summed E-state index contributed by atoms with van der Waals surface area (Å²) in [7, 11) is 0. The van der Waals surface area contributed by atoms with Crippen LogP contribution in [0.25, 0.3) is 0 Å². The predicted molar refractivity (Wildman–Crippen MR) is 107 cm³/mol. The molecule has 2 heterocycles. The minimum absolute atomic E-state index is 0.0935. The van der Waals surface area contributed by atoms with E-state index in [0.717, 1.165) is 6.42 Å². The molecule has 0 amide bonds. The lowest BCUT2D eigenvalue weighted by Gasteiger charge is -2.52. The van der Waals surface area contributed by atoms with Gasteiger partial charge in [-0.2, -0.15) is 10.2 Å². The highest BCUT2D eigenvalue weighted by molar-refractivity contribution is 5.54. The molecule has 0 bridgehead atoms. The largest absolute Gasteiger partial charge is 0.396 e. The normalized spacial score (nSPS) is 20.4. The summed E-state index contributed by atoms with van der Waals surface area (Å²) in [4.78, 5) is 16.6. The number of aliphatic hydroxyl groups is 1. The van der Waals surface area contributed by atoms with E-state index in [2.05, 4.69) is 50.5 Å². The van der Waals surface area contributed by atoms with Crippen LogP contribution >= 0.6 is 0 Å². The third-order valence-electron chi connectivity index (χ3n) is 5.70. The zero-order chi connectivity index (χ0) is 21.2. The topological polar surface area (TPSA) is 120 Å². The van der Waals surface area contributed by atoms with Crippen LogP contribution in [0.1, 0.15) is 50.9 Å². The van der Waals surface area contributed by atoms with Gasteiger partial charge in [0.05, 0.1) is 11.9 Å². The van der Waals surface area contributed by atoms with Crippen LogP contribution in [0.15, 0.2) is 18.7 Å². The van der Waals surface area contributed by atoms with Gasteiger partial charge in [0, 0.05) is 31.0 Å². The first-order valence-corrected chi connectivity index (χ1v) is 9.53. The number of hydrogen-bond donors (Lipinski definition) is 3. The van der Waals surface area contributed by atoms with E-state index in [9.17, 15) is 14.8 Å². The third kappa shape index (κ3) is 4.27. The molecule has 3 N–H and O–H groups in total. The molecule has 9 heteroatoms. The lowest BCUT2D eigenvalue weighted by molar-refractivity contribution is 0.00449. The molecule has 0 saturated heterocycles. The average Bonchev–Trinajstić information content (AvgIpc) is 2.68. The van der Waals surface area contributed by atoms with Gasteiger partial charge in [-0.05, 0) is 31.6 Å². The molecule has 1 aliphatic carbocycles. The van der Waals surface area contributed by atoms with Crippen molar-refractivity contribution in [3.8, 4) is 6.07 Å². The molecule has 0 radical (unpaired) electrons. The van der Waals surface area contributed by atoms with Crippen molar-refractivity contribution in [3.63, 3.8) is 0 Å². The van der Waals surface area contributed by atoms with Crippen molar-refractivity contribution in [1.82, 2.24) is 19.9 Å². The fourth-order valence-corrected chi connectivity index (χ4v) is 3.59. The fourth-order valence-electron chi connectivity index (χ4n) is 3.59. The van der Waals surface area contributed by atoms with Gasteiger partial charge in [-0.15, -0.1) is 0 Å². The highest BCUT2D eigenvalue weighted by Gasteiger charge is 2.47. The van der Waals surface area contributed by atoms with Crippen molar-refractivity contribution in [1.29, 1.82) is 5.26 Å². The van der Waals surface area contributed by atoms with Crippen LogP contribution in [0.5, 0.6) is 0 Å². The number of halogens is 1. The molecule has 1 aliphatic rings. The zero-order valence-corrected chi connectivity index (χ0v) is 17.1. The second kappa shape index (κ2) is 7.87. The van der Waals surface area contributed by atoms with Crippen LogP contribution in [0.3, 0.4) is 0 Å². The van der Waals surface area contributed by atoms with E-state index in [1.807, 2.05) is 0 Å². The van der Waals surface area contributed by atoms with Gasteiger partial charge in [0.2, 0.25) is 5.95 Å². The lowest BCUT2D eigenvalue weighted by atomic mass is 9.59. The molecular weight excluding hydrogens is 373 g/mol. The van der Waals surface area contributed by atoms with Crippen LogP contribution in [0, 0.1) is 22.7 Å². The number of rotatable bonds is 7. The van der Waals surface area contributed by atoms with Crippen LogP contribution in [-0.2, 0) is 12.2 Å². The first-order valence-electron chi connectivity index (χ1n) is 9.53. The van der Waals surface area contributed by atoms with E-state index in [1.165, 1.54) is 26.4 Å². The van der Waals surface area contributed by atoms with Crippen LogP contribution in [0.4, 0.5) is 16.2 Å². The van der Waals surface area contributed by atoms with Crippen molar-refractivity contribution < 1.29 is 9.50 Å². The summed E-state index contributed by atoms with van der Waals surface area (Å²) in [6.45, 7) is 7.43. The van der Waals surface area contributed by atoms with E-state index in [-0.39, 0.29) is 30.5 Å². The standard InChI is InChI=1S/C20H26FN7O/c1-19(2)14(10-29)5-15(19)27-17-12(6-22)8-24-18(28-17)25-9-13-7-23-11-26-16(13)20(3,4)21/h7-8,11,14-15,29H,5,9-10H2,1-4H3,(H2,24,25,27,28)/t14-,15-/m0/s1. The molecule has 29 heavy (non-hydrogen) atoms. The minimum Gasteiger partial charge on any atom is -0.396 e. The van der Waals surface area contributed by atoms with Gasteiger partial charge in [0.1, 0.15) is 29.4 Å². The molecule has 0 aromatic carbocycles. The number of aliphatic hydroxyl groups excluding tert-OH is 1. The molecule has 1 fully saturated rings. The SMILES string of the molecule is CC(C)(F)c1ncncc1CNc1ncc(C#N)c(N[C@H]2C[C@@H](CO)C2(C)C)n1. The van der Waals surface area contributed by atoms with Crippen molar-refractivity contribution >= 4 is 11.8 Å². The van der Waals surface area contributed by atoms with Gasteiger partial charge in [-0.1, -0.05) is 13.8 Å². The second-order valence-electron chi connectivity index (χ2n) is 8.42. The molecule has 3 rings (SSSR count). The van der Waals surface area contributed by atoms with E-state index >= 15 is 0 Å². The Morgan fingerprint density at radius 2 is 2.10 bits per heavy atom. The summed E-state index contributed by atoms with van der Waals surface area (Å²) in [6, 6.07) is 2.19. The molecule has 0 aliphatic heterocycles. The number of nitriles is 1. The number of anilines is 2. The van der Waals surface area contributed by atoms with Crippen LogP contribution in [-0.4, -0.2) is 37.7 Å². The van der Waals surface area contributed by atoms with Gasteiger partial charge in [0.15, 0.2) is 0 Å². The number of hydrogen-bond acceptors (Lipinski definition) is 8. The molecule has 1 saturated carbocycles. The molecule has 0 spiro atoms. The molecule has 2 aromatic heterocycles. The number of nitrogens with zero attached hydrogens (tertiary/aromatic N) is 5. The van der Waals surface area contributed by atoms with Crippen LogP contribution < -0.4 is 10.6 Å². The van der Waals surface area contributed by atoms with Crippen molar-refractivity contribution in [2.45, 2.75) is 52.4 Å². The Balaban J connectivity index is 1.76. The molecule has 154 valence electrons. The highest BCUT2D eigenvalue weighted by Crippen LogP contribution is 2.47. The smallest absolute Gasteiger partial charge is 0.224 e. The molecule has 0 unspecified atom stereocenters. The minimum atomic E-state index is -1.60. The summed E-state index contributed by atoms with van der Waals surface area (Å²) >= 11 is 0. The lowest BCUT2D eigenvalue weighted by Crippen LogP contribution is -2.54. The number of alkyl halides is 1. The van der Waals surface area contributed by atoms with E-state index in [4.69, 9.17) is 0 Å². The van der Waals surface area contributed by atoms with Crippen molar-refractivity contribution in [3.05, 3.63) is 35.5 Å². The van der Waals surface area contributed by atoms with Gasteiger partial charge in [-0.3, -0.25) is 0 Å². The second-order valence-corrected chi connectivity index (χ2v) is 8.42. The maximum Gasteiger partial charge on any atom is 0.224 e. The number of aromatic nitrogens is 4. The molecule has 8 nitrogen and oxygen atoms in total. The van der Waals surface area contributed by atoms with Gasteiger partial charge >= 0.3 is 0 Å². The average molecular weight is 399 g/mol. The number of nitrogens with one attached hydrogen (secondary N) is 2. The van der Waals surface area contributed by atoms with E-state index in [0.29, 0.717) is 28.6 Å². The maximum atomic E-state index is 14.4. The highest BCUT2D eigenvalue weighted by atomic mass is 19.1. The van der Waals surface area contributed by atoms with Gasteiger partial charge in [-0.25, -0.2) is 19.3 Å². The monoisotopic (exact) mass is 399 g/mol.